The second-order valence-corrected chi connectivity index (χ2v) is 6.86. The minimum atomic E-state index is 0.0673. The molecule has 1 amide bonds. The van der Waals surface area contributed by atoms with Crippen molar-refractivity contribution in [2.45, 2.75) is 32.7 Å². The van der Waals surface area contributed by atoms with Crippen molar-refractivity contribution < 1.29 is 9.53 Å². The number of nitrogens with zero attached hydrogens (tertiary/aromatic N) is 2. The number of hydrogen-bond donors (Lipinski definition) is 1. The van der Waals surface area contributed by atoms with E-state index in [1.165, 1.54) is 11.3 Å². The fourth-order valence-electron chi connectivity index (χ4n) is 3.23. The van der Waals surface area contributed by atoms with Crippen molar-refractivity contribution in [2.75, 3.05) is 25.5 Å². The van der Waals surface area contributed by atoms with Crippen LogP contribution in [0.15, 0.2) is 24.3 Å². The summed E-state index contributed by atoms with van der Waals surface area (Å²) in [6, 6.07) is 8.04. The zero-order valence-electron chi connectivity index (χ0n) is 14.3. The first-order valence-corrected chi connectivity index (χ1v) is 9.12. The Morgan fingerprint density at radius 3 is 3.00 bits per heavy atom. The molecule has 1 unspecified atom stereocenters. The van der Waals surface area contributed by atoms with Gasteiger partial charge in [0, 0.05) is 18.7 Å². The van der Waals surface area contributed by atoms with Crippen LogP contribution in [0.5, 0.6) is 5.75 Å². The maximum atomic E-state index is 13.1. The number of thiazole rings is 1. The lowest BCUT2D eigenvalue weighted by Gasteiger charge is -2.26. The summed E-state index contributed by atoms with van der Waals surface area (Å²) < 4.78 is 5.49. The number of benzene rings is 1. The number of likely N-dealkylation sites (tertiary alicyclic amines) is 1. The van der Waals surface area contributed by atoms with Crippen molar-refractivity contribution in [2.24, 2.45) is 0 Å². The first kappa shape index (κ1) is 16.8. The lowest BCUT2D eigenvalue weighted by Crippen LogP contribution is -2.30. The molecule has 0 saturated carbocycles. The lowest BCUT2D eigenvalue weighted by molar-refractivity contribution is 0.0738. The highest BCUT2D eigenvalue weighted by Crippen LogP contribution is 2.38. The fourth-order valence-corrected chi connectivity index (χ4v) is 4.22. The van der Waals surface area contributed by atoms with E-state index in [9.17, 15) is 4.79 Å². The number of carbonyl (C=O) groups excluding carboxylic acids is 1. The Hall–Kier alpha value is -2.08. The number of amides is 1. The van der Waals surface area contributed by atoms with Gasteiger partial charge >= 0.3 is 0 Å². The maximum Gasteiger partial charge on any atom is 0.266 e. The third-order valence-corrected chi connectivity index (χ3v) is 5.43. The molecule has 1 aliphatic rings. The summed E-state index contributed by atoms with van der Waals surface area (Å²) in [5, 5.41) is 4.00. The van der Waals surface area contributed by atoms with Crippen molar-refractivity contribution in [1.29, 1.82) is 0 Å². The molecule has 128 valence electrons. The number of aryl methyl sites for hydroxylation is 1. The van der Waals surface area contributed by atoms with Crippen molar-refractivity contribution >= 4 is 22.4 Å². The van der Waals surface area contributed by atoms with Crippen LogP contribution >= 0.6 is 11.3 Å². The van der Waals surface area contributed by atoms with Gasteiger partial charge in [0.05, 0.1) is 18.8 Å². The second-order valence-electron chi connectivity index (χ2n) is 5.86. The molecule has 1 fully saturated rings. The third kappa shape index (κ3) is 3.11. The van der Waals surface area contributed by atoms with Crippen LogP contribution in [0.2, 0.25) is 0 Å². The first-order valence-electron chi connectivity index (χ1n) is 8.30. The van der Waals surface area contributed by atoms with Gasteiger partial charge in [-0.15, -0.1) is 0 Å². The van der Waals surface area contributed by atoms with Gasteiger partial charge in [0.25, 0.3) is 5.91 Å². The standard InChI is InChI=1S/C18H23N3O2S/c1-4-19-18-20-12(2)16(24-18)17(22)21-11-7-9-14(21)13-8-5-6-10-15(13)23-3/h5-6,8,10,14H,4,7,9,11H2,1-3H3,(H,19,20). The molecule has 1 aromatic carbocycles. The number of ether oxygens (including phenoxy) is 1. The van der Waals surface area contributed by atoms with Gasteiger partial charge in [0.2, 0.25) is 0 Å². The zero-order chi connectivity index (χ0) is 17.1. The molecule has 0 aliphatic carbocycles. The van der Waals surface area contributed by atoms with E-state index < -0.39 is 0 Å². The van der Waals surface area contributed by atoms with Crippen LogP contribution in [0, 0.1) is 6.92 Å². The average Bonchev–Trinajstić information content (AvgIpc) is 3.21. The number of anilines is 1. The van der Waals surface area contributed by atoms with Gasteiger partial charge in [0.15, 0.2) is 5.13 Å². The topological polar surface area (TPSA) is 54.5 Å². The van der Waals surface area contributed by atoms with Crippen molar-refractivity contribution in [3.8, 4) is 5.75 Å². The Balaban J connectivity index is 1.89. The number of hydrogen-bond acceptors (Lipinski definition) is 5. The highest BCUT2D eigenvalue weighted by molar-refractivity contribution is 7.17. The largest absolute Gasteiger partial charge is 0.496 e. The van der Waals surface area contributed by atoms with E-state index in [4.69, 9.17) is 4.74 Å². The number of para-hydroxylation sites is 1. The van der Waals surface area contributed by atoms with Crippen LogP contribution < -0.4 is 10.1 Å². The number of methoxy groups -OCH3 is 1. The summed E-state index contributed by atoms with van der Waals surface area (Å²) >= 11 is 1.44. The first-order chi connectivity index (χ1) is 11.7. The molecule has 5 nitrogen and oxygen atoms in total. The van der Waals surface area contributed by atoms with Crippen LogP contribution in [-0.2, 0) is 0 Å². The summed E-state index contributed by atoms with van der Waals surface area (Å²) in [7, 11) is 1.68. The van der Waals surface area contributed by atoms with E-state index in [1.54, 1.807) is 7.11 Å². The Bertz CT molecular complexity index is 729. The molecule has 1 atom stereocenters. The van der Waals surface area contributed by atoms with Gasteiger partial charge in [-0.05, 0) is 32.8 Å². The molecule has 0 spiro atoms. The normalized spacial score (nSPS) is 17.1. The Kier molecular flexibility index (Phi) is 5.04. The summed E-state index contributed by atoms with van der Waals surface area (Å²) in [5.41, 5.74) is 1.88. The molecule has 2 heterocycles. The lowest BCUT2D eigenvalue weighted by atomic mass is 10.0. The quantitative estimate of drug-likeness (QED) is 0.894. The molecular weight excluding hydrogens is 322 g/mol. The van der Waals surface area contributed by atoms with Crippen molar-refractivity contribution in [1.82, 2.24) is 9.88 Å². The third-order valence-electron chi connectivity index (χ3n) is 4.33. The summed E-state index contributed by atoms with van der Waals surface area (Å²) in [6.45, 7) is 5.50. The van der Waals surface area contributed by atoms with Crippen LogP contribution in [-0.4, -0.2) is 36.0 Å². The predicted octanol–water partition coefficient (Wildman–Crippen LogP) is 3.87. The number of nitrogens with one attached hydrogen (secondary N) is 1. The van der Waals surface area contributed by atoms with Gasteiger partial charge in [-0.3, -0.25) is 4.79 Å². The molecule has 1 N–H and O–H groups in total. The average molecular weight is 345 g/mol. The van der Waals surface area contributed by atoms with E-state index >= 15 is 0 Å². The van der Waals surface area contributed by atoms with Crippen LogP contribution in [0.1, 0.15) is 46.7 Å². The van der Waals surface area contributed by atoms with E-state index in [-0.39, 0.29) is 11.9 Å². The van der Waals surface area contributed by atoms with Crippen LogP contribution in [0.3, 0.4) is 0 Å². The van der Waals surface area contributed by atoms with E-state index in [1.807, 2.05) is 36.9 Å². The predicted molar refractivity (Wildman–Crippen MR) is 97.0 cm³/mol. The molecule has 0 bridgehead atoms. The molecular formula is C18H23N3O2S. The van der Waals surface area contributed by atoms with E-state index in [2.05, 4.69) is 16.4 Å². The van der Waals surface area contributed by atoms with Gasteiger partial charge in [-0.25, -0.2) is 4.98 Å². The molecule has 1 aliphatic heterocycles. The number of aromatic nitrogens is 1. The number of rotatable bonds is 5. The Morgan fingerprint density at radius 2 is 2.25 bits per heavy atom. The van der Waals surface area contributed by atoms with Gasteiger partial charge in [-0.2, -0.15) is 0 Å². The van der Waals surface area contributed by atoms with Crippen LogP contribution in [0.25, 0.3) is 0 Å². The molecule has 6 heteroatoms. The molecule has 24 heavy (non-hydrogen) atoms. The number of carbonyl (C=O) groups is 1. The Morgan fingerprint density at radius 1 is 1.46 bits per heavy atom. The highest BCUT2D eigenvalue weighted by atomic mass is 32.1. The molecule has 1 aromatic heterocycles. The zero-order valence-corrected chi connectivity index (χ0v) is 15.2. The second kappa shape index (κ2) is 7.21. The summed E-state index contributed by atoms with van der Waals surface area (Å²) in [6.07, 6.45) is 1.97. The molecule has 3 rings (SSSR count). The minimum absolute atomic E-state index is 0.0673. The molecule has 0 radical (unpaired) electrons. The van der Waals surface area contributed by atoms with E-state index in [0.717, 1.165) is 52.9 Å². The van der Waals surface area contributed by atoms with E-state index in [0.29, 0.717) is 0 Å². The van der Waals surface area contributed by atoms with Crippen molar-refractivity contribution in [3.05, 3.63) is 40.4 Å². The van der Waals surface area contributed by atoms with Gasteiger partial charge < -0.3 is 15.0 Å². The van der Waals surface area contributed by atoms with Gasteiger partial charge in [-0.1, -0.05) is 29.5 Å². The molecule has 1 saturated heterocycles. The maximum absolute atomic E-state index is 13.1. The Labute approximate surface area is 146 Å². The van der Waals surface area contributed by atoms with Gasteiger partial charge in [0.1, 0.15) is 10.6 Å². The fraction of sp³-hybridized carbons (Fsp3) is 0.444. The SMILES string of the molecule is CCNc1nc(C)c(C(=O)N2CCCC2c2ccccc2OC)s1. The molecule has 2 aromatic rings. The van der Waals surface area contributed by atoms with Crippen molar-refractivity contribution in [3.63, 3.8) is 0 Å². The summed E-state index contributed by atoms with van der Waals surface area (Å²) in [4.78, 5) is 20.3. The smallest absolute Gasteiger partial charge is 0.266 e. The summed E-state index contributed by atoms with van der Waals surface area (Å²) in [5.74, 6) is 0.916. The minimum Gasteiger partial charge on any atom is -0.496 e. The highest BCUT2D eigenvalue weighted by Gasteiger charge is 2.33. The monoisotopic (exact) mass is 345 g/mol. The van der Waals surface area contributed by atoms with Crippen LogP contribution in [0.4, 0.5) is 5.13 Å².